The molecule has 25 heavy (non-hydrogen) atoms. The molecule has 1 amide bonds. The number of carbonyl (C=O) groups excluding carboxylic acids is 1. The van der Waals surface area contributed by atoms with Crippen LogP contribution in [0.25, 0.3) is 0 Å². The average Bonchev–Trinajstić information content (AvgIpc) is 2.60. The number of rotatable bonds is 8. The van der Waals surface area contributed by atoms with Gasteiger partial charge in [-0.1, -0.05) is 47.5 Å². The van der Waals surface area contributed by atoms with Gasteiger partial charge >= 0.3 is 0 Å². The predicted octanol–water partition coefficient (Wildman–Crippen LogP) is 4.86. The molecular weight excluding hydrogens is 357 g/mol. The molecule has 0 spiro atoms. The van der Waals surface area contributed by atoms with Crippen molar-refractivity contribution in [3.05, 3.63) is 69.7 Å². The molecule has 0 aliphatic heterocycles. The molecule has 0 radical (unpaired) electrons. The summed E-state index contributed by atoms with van der Waals surface area (Å²) in [4.78, 5) is 12.0. The number of hydrogen-bond acceptors (Lipinski definition) is 2. The SMILES string of the molecule is CCOCC(=O)NC(C)C(Cc1ccc(Cl)cc1)c1ccc(Cl)cc1. The van der Waals surface area contributed by atoms with Crippen LogP contribution in [-0.2, 0) is 16.0 Å². The molecule has 2 aromatic carbocycles. The maximum absolute atomic E-state index is 12.0. The lowest BCUT2D eigenvalue weighted by Crippen LogP contribution is -2.39. The molecule has 0 aromatic heterocycles. The van der Waals surface area contributed by atoms with E-state index >= 15 is 0 Å². The number of hydrogen-bond donors (Lipinski definition) is 1. The number of nitrogens with one attached hydrogen (secondary N) is 1. The summed E-state index contributed by atoms with van der Waals surface area (Å²) in [6.45, 7) is 4.48. The van der Waals surface area contributed by atoms with Gasteiger partial charge in [0.25, 0.3) is 0 Å². The average molecular weight is 380 g/mol. The first-order valence-corrected chi connectivity index (χ1v) is 9.12. The van der Waals surface area contributed by atoms with Crippen LogP contribution in [0, 0.1) is 0 Å². The molecule has 0 heterocycles. The molecular formula is C20H23Cl2NO2. The Bertz CT molecular complexity index is 671. The summed E-state index contributed by atoms with van der Waals surface area (Å²) in [5, 5.41) is 4.45. The van der Waals surface area contributed by atoms with Crippen LogP contribution >= 0.6 is 23.2 Å². The molecule has 5 heteroatoms. The van der Waals surface area contributed by atoms with Crippen LogP contribution in [0.1, 0.15) is 30.9 Å². The largest absolute Gasteiger partial charge is 0.372 e. The maximum atomic E-state index is 12.0. The van der Waals surface area contributed by atoms with E-state index in [0.717, 1.165) is 17.5 Å². The molecule has 2 aromatic rings. The van der Waals surface area contributed by atoms with Crippen LogP contribution in [0.4, 0.5) is 0 Å². The lowest BCUT2D eigenvalue weighted by atomic mass is 9.86. The van der Waals surface area contributed by atoms with Crippen molar-refractivity contribution in [1.29, 1.82) is 0 Å². The Labute approximate surface area is 159 Å². The number of benzene rings is 2. The van der Waals surface area contributed by atoms with Crippen LogP contribution in [0.15, 0.2) is 48.5 Å². The molecule has 0 saturated heterocycles. The fourth-order valence-corrected chi connectivity index (χ4v) is 3.01. The van der Waals surface area contributed by atoms with Gasteiger partial charge in [-0.2, -0.15) is 0 Å². The van der Waals surface area contributed by atoms with E-state index in [2.05, 4.69) is 5.32 Å². The van der Waals surface area contributed by atoms with E-state index in [1.54, 1.807) is 0 Å². The highest BCUT2D eigenvalue weighted by Crippen LogP contribution is 2.26. The molecule has 0 aliphatic carbocycles. The van der Waals surface area contributed by atoms with Gasteiger partial charge in [0.2, 0.25) is 5.91 Å². The maximum Gasteiger partial charge on any atom is 0.246 e. The summed E-state index contributed by atoms with van der Waals surface area (Å²) in [7, 11) is 0. The van der Waals surface area contributed by atoms with Gasteiger partial charge in [0, 0.05) is 28.6 Å². The summed E-state index contributed by atoms with van der Waals surface area (Å²) in [6, 6.07) is 15.5. The van der Waals surface area contributed by atoms with E-state index in [0.29, 0.717) is 16.7 Å². The van der Waals surface area contributed by atoms with Crippen molar-refractivity contribution in [2.45, 2.75) is 32.2 Å². The Kier molecular flexibility index (Phi) is 7.76. The van der Waals surface area contributed by atoms with Gasteiger partial charge in [-0.25, -0.2) is 0 Å². The van der Waals surface area contributed by atoms with E-state index in [4.69, 9.17) is 27.9 Å². The summed E-state index contributed by atoms with van der Waals surface area (Å²) < 4.78 is 5.18. The Morgan fingerprint density at radius 3 is 2.16 bits per heavy atom. The first-order valence-electron chi connectivity index (χ1n) is 8.36. The first kappa shape index (κ1) is 19.8. The molecule has 0 saturated carbocycles. The van der Waals surface area contributed by atoms with E-state index < -0.39 is 0 Å². The molecule has 2 atom stereocenters. The molecule has 0 fully saturated rings. The van der Waals surface area contributed by atoms with E-state index in [1.807, 2.05) is 62.4 Å². The number of amides is 1. The monoisotopic (exact) mass is 379 g/mol. The highest BCUT2D eigenvalue weighted by Gasteiger charge is 2.21. The van der Waals surface area contributed by atoms with Crippen molar-refractivity contribution in [1.82, 2.24) is 5.32 Å². The normalized spacial score (nSPS) is 13.3. The topological polar surface area (TPSA) is 38.3 Å². The van der Waals surface area contributed by atoms with Crippen LogP contribution in [0.2, 0.25) is 10.0 Å². The number of ether oxygens (including phenoxy) is 1. The zero-order chi connectivity index (χ0) is 18.2. The molecule has 3 nitrogen and oxygen atoms in total. The third kappa shape index (κ3) is 6.35. The first-order chi connectivity index (χ1) is 12.0. The fraction of sp³-hybridized carbons (Fsp3) is 0.350. The van der Waals surface area contributed by atoms with E-state index in [-0.39, 0.29) is 24.5 Å². The minimum Gasteiger partial charge on any atom is -0.372 e. The van der Waals surface area contributed by atoms with Gasteiger partial charge in [0.15, 0.2) is 0 Å². The van der Waals surface area contributed by atoms with E-state index in [1.165, 1.54) is 0 Å². The van der Waals surface area contributed by atoms with Crippen molar-refractivity contribution in [3.63, 3.8) is 0 Å². The standard InChI is InChI=1S/C20H23Cl2NO2/c1-3-25-13-20(24)23-14(2)19(16-6-10-18(22)11-7-16)12-15-4-8-17(21)9-5-15/h4-11,14,19H,3,12-13H2,1-2H3,(H,23,24). The minimum absolute atomic E-state index is 0.0511. The Hall–Kier alpha value is -1.55. The summed E-state index contributed by atoms with van der Waals surface area (Å²) in [5.74, 6) is 0.00781. The molecule has 134 valence electrons. The molecule has 2 unspecified atom stereocenters. The second-order valence-corrected chi connectivity index (χ2v) is 6.85. The lowest BCUT2D eigenvalue weighted by Gasteiger charge is -2.26. The zero-order valence-corrected chi connectivity index (χ0v) is 16.0. The van der Waals surface area contributed by atoms with Gasteiger partial charge in [-0.3, -0.25) is 4.79 Å². The lowest BCUT2D eigenvalue weighted by molar-refractivity contribution is -0.126. The predicted molar refractivity (Wildman–Crippen MR) is 103 cm³/mol. The van der Waals surface area contributed by atoms with E-state index in [9.17, 15) is 4.79 Å². The second-order valence-electron chi connectivity index (χ2n) is 5.98. The van der Waals surface area contributed by atoms with Crippen molar-refractivity contribution in [2.75, 3.05) is 13.2 Å². The van der Waals surface area contributed by atoms with Gasteiger partial charge in [0.1, 0.15) is 6.61 Å². The van der Waals surface area contributed by atoms with Crippen LogP contribution < -0.4 is 5.32 Å². The Balaban J connectivity index is 2.17. The van der Waals surface area contributed by atoms with Crippen LogP contribution in [0.3, 0.4) is 0 Å². The summed E-state index contributed by atoms with van der Waals surface area (Å²) >= 11 is 12.0. The number of halogens is 2. The fourth-order valence-electron chi connectivity index (χ4n) is 2.76. The zero-order valence-electron chi connectivity index (χ0n) is 14.5. The molecule has 2 rings (SSSR count). The number of carbonyl (C=O) groups is 1. The van der Waals surface area contributed by atoms with Crippen molar-refractivity contribution >= 4 is 29.1 Å². The van der Waals surface area contributed by atoms with Gasteiger partial charge in [0.05, 0.1) is 0 Å². The minimum atomic E-state index is -0.107. The third-order valence-electron chi connectivity index (χ3n) is 4.10. The second kappa shape index (κ2) is 9.81. The van der Waals surface area contributed by atoms with Crippen molar-refractivity contribution < 1.29 is 9.53 Å². The van der Waals surface area contributed by atoms with Crippen LogP contribution in [0.5, 0.6) is 0 Å². The molecule has 0 bridgehead atoms. The molecule has 0 aliphatic rings. The molecule has 1 N–H and O–H groups in total. The van der Waals surface area contributed by atoms with Gasteiger partial charge in [-0.05, 0) is 55.7 Å². The van der Waals surface area contributed by atoms with Gasteiger partial charge in [-0.15, -0.1) is 0 Å². The highest BCUT2D eigenvalue weighted by atomic mass is 35.5. The Morgan fingerprint density at radius 2 is 1.60 bits per heavy atom. The quantitative estimate of drug-likeness (QED) is 0.710. The van der Waals surface area contributed by atoms with Crippen molar-refractivity contribution in [3.8, 4) is 0 Å². The third-order valence-corrected chi connectivity index (χ3v) is 4.60. The van der Waals surface area contributed by atoms with Crippen molar-refractivity contribution in [2.24, 2.45) is 0 Å². The Morgan fingerprint density at radius 1 is 1.04 bits per heavy atom. The van der Waals surface area contributed by atoms with Gasteiger partial charge < -0.3 is 10.1 Å². The highest BCUT2D eigenvalue weighted by molar-refractivity contribution is 6.30. The summed E-state index contributed by atoms with van der Waals surface area (Å²) in [5.41, 5.74) is 2.29. The summed E-state index contributed by atoms with van der Waals surface area (Å²) in [6.07, 6.45) is 0.787. The van der Waals surface area contributed by atoms with Crippen LogP contribution in [-0.4, -0.2) is 25.2 Å². The smallest absolute Gasteiger partial charge is 0.246 e.